The number of nitrogen functional groups attached to an aromatic ring is 1. The number of rotatable bonds is 6. The Kier molecular flexibility index (Phi) is 4.73. The number of anilines is 2. The summed E-state index contributed by atoms with van der Waals surface area (Å²) < 4.78 is 30.2. The van der Waals surface area contributed by atoms with Crippen LogP contribution in [0.5, 0.6) is 0 Å². The summed E-state index contributed by atoms with van der Waals surface area (Å²) >= 11 is 0. The molecule has 0 unspecified atom stereocenters. The fourth-order valence-electron chi connectivity index (χ4n) is 1.27. The third-order valence-electron chi connectivity index (χ3n) is 2.22. The minimum absolute atomic E-state index is 0.148. The van der Waals surface area contributed by atoms with Crippen molar-refractivity contribution in [1.82, 2.24) is 4.72 Å². The molecule has 0 fully saturated rings. The highest BCUT2D eigenvalue weighted by Crippen LogP contribution is 2.22. The van der Waals surface area contributed by atoms with Crippen LogP contribution in [0.2, 0.25) is 0 Å². The van der Waals surface area contributed by atoms with Crippen molar-refractivity contribution in [2.45, 2.75) is 4.90 Å². The van der Waals surface area contributed by atoms with E-state index < -0.39 is 10.0 Å². The highest BCUT2D eigenvalue weighted by atomic mass is 32.2. The minimum atomic E-state index is -3.45. The molecule has 0 aliphatic carbocycles. The van der Waals surface area contributed by atoms with Crippen molar-refractivity contribution in [3.05, 3.63) is 18.2 Å². The van der Waals surface area contributed by atoms with Crippen LogP contribution in [-0.4, -0.2) is 35.7 Å². The van der Waals surface area contributed by atoms with E-state index in [1.54, 1.807) is 13.2 Å². The number of hydrogen-bond donors (Lipinski definition) is 3. The summed E-state index contributed by atoms with van der Waals surface area (Å²) in [6.45, 7) is 1.16. The maximum Gasteiger partial charge on any atom is 0.240 e. The number of methoxy groups -OCH3 is 1. The van der Waals surface area contributed by atoms with E-state index >= 15 is 0 Å². The number of sulfonamides is 1. The summed E-state index contributed by atoms with van der Waals surface area (Å²) in [5.41, 5.74) is 6.84. The molecule has 0 amide bonds. The SMILES string of the molecule is CNS(=O)(=O)c1ccc(NCCOC)c(N)c1. The Morgan fingerprint density at radius 1 is 1.41 bits per heavy atom. The molecule has 17 heavy (non-hydrogen) atoms. The Bertz CT molecular complexity index is 474. The van der Waals surface area contributed by atoms with Crippen LogP contribution in [-0.2, 0) is 14.8 Å². The Balaban J connectivity index is 2.87. The summed E-state index contributed by atoms with van der Waals surface area (Å²) in [5, 5.41) is 3.05. The second-order valence-corrected chi connectivity index (χ2v) is 5.26. The molecule has 0 heterocycles. The lowest BCUT2D eigenvalue weighted by molar-refractivity contribution is 0.211. The Hall–Kier alpha value is -1.31. The summed E-state index contributed by atoms with van der Waals surface area (Å²) in [7, 11) is -0.483. The summed E-state index contributed by atoms with van der Waals surface area (Å²) in [4.78, 5) is 0.148. The van der Waals surface area contributed by atoms with Crippen molar-refractivity contribution in [3.8, 4) is 0 Å². The van der Waals surface area contributed by atoms with Gasteiger partial charge in [-0.15, -0.1) is 0 Å². The van der Waals surface area contributed by atoms with Crippen molar-refractivity contribution in [3.63, 3.8) is 0 Å². The van der Waals surface area contributed by atoms with E-state index in [1.165, 1.54) is 19.2 Å². The van der Waals surface area contributed by atoms with Gasteiger partial charge in [0.1, 0.15) is 0 Å². The molecule has 0 aliphatic rings. The zero-order valence-electron chi connectivity index (χ0n) is 9.86. The molecule has 4 N–H and O–H groups in total. The lowest BCUT2D eigenvalue weighted by Crippen LogP contribution is -2.19. The van der Waals surface area contributed by atoms with Gasteiger partial charge in [-0.25, -0.2) is 13.1 Å². The molecule has 96 valence electrons. The summed E-state index contributed by atoms with van der Waals surface area (Å²) in [5.74, 6) is 0. The largest absolute Gasteiger partial charge is 0.397 e. The van der Waals surface area contributed by atoms with E-state index in [1.807, 2.05) is 0 Å². The minimum Gasteiger partial charge on any atom is -0.397 e. The Morgan fingerprint density at radius 2 is 2.12 bits per heavy atom. The second kappa shape index (κ2) is 5.85. The molecule has 0 aromatic heterocycles. The summed E-state index contributed by atoms with van der Waals surface area (Å²) in [6.07, 6.45) is 0. The van der Waals surface area contributed by atoms with Gasteiger partial charge in [0.15, 0.2) is 0 Å². The lowest BCUT2D eigenvalue weighted by atomic mass is 10.2. The van der Waals surface area contributed by atoms with Crippen LogP contribution in [0.1, 0.15) is 0 Å². The van der Waals surface area contributed by atoms with Gasteiger partial charge in [0, 0.05) is 13.7 Å². The van der Waals surface area contributed by atoms with Gasteiger partial charge in [0.05, 0.1) is 22.9 Å². The van der Waals surface area contributed by atoms with E-state index in [0.29, 0.717) is 24.5 Å². The number of benzene rings is 1. The average Bonchev–Trinajstić information content (AvgIpc) is 2.31. The molecular formula is C10H17N3O3S. The zero-order valence-corrected chi connectivity index (χ0v) is 10.7. The number of nitrogens with one attached hydrogen (secondary N) is 2. The number of nitrogens with two attached hydrogens (primary N) is 1. The fourth-order valence-corrected chi connectivity index (χ4v) is 2.04. The molecule has 0 aliphatic heterocycles. The topological polar surface area (TPSA) is 93.5 Å². The molecule has 6 nitrogen and oxygen atoms in total. The molecule has 0 atom stereocenters. The maximum absolute atomic E-state index is 11.5. The van der Waals surface area contributed by atoms with Crippen molar-refractivity contribution in [1.29, 1.82) is 0 Å². The fraction of sp³-hybridized carbons (Fsp3) is 0.400. The predicted molar refractivity (Wildman–Crippen MR) is 67.5 cm³/mol. The van der Waals surface area contributed by atoms with E-state index in [0.717, 1.165) is 0 Å². The molecule has 0 bridgehead atoms. The first-order valence-corrected chi connectivity index (χ1v) is 6.55. The van der Waals surface area contributed by atoms with Crippen molar-refractivity contribution >= 4 is 21.4 Å². The van der Waals surface area contributed by atoms with Crippen molar-refractivity contribution < 1.29 is 13.2 Å². The van der Waals surface area contributed by atoms with Crippen LogP contribution in [0.15, 0.2) is 23.1 Å². The molecule has 7 heteroatoms. The summed E-state index contributed by atoms with van der Waals surface area (Å²) in [6, 6.07) is 4.55. The van der Waals surface area contributed by atoms with Crippen molar-refractivity contribution in [2.75, 3.05) is 38.4 Å². The normalized spacial score (nSPS) is 11.4. The van der Waals surface area contributed by atoms with E-state index in [-0.39, 0.29) is 4.90 Å². The van der Waals surface area contributed by atoms with E-state index in [4.69, 9.17) is 10.5 Å². The zero-order chi connectivity index (χ0) is 12.9. The first-order chi connectivity index (χ1) is 8.01. The van der Waals surface area contributed by atoms with Gasteiger partial charge in [0.25, 0.3) is 0 Å². The van der Waals surface area contributed by atoms with Crippen LogP contribution in [0.25, 0.3) is 0 Å². The van der Waals surface area contributed by atoms with Crippen LogP contribution < -0.4 is 15.8 Å². The van der Waals surface area contributed by atoms with Crippen LogP contribution >= 0.6 is 0 Å². The molecule has 0 radical (unpaired) electrons. The monoisotopic (exact) mass is 259 g/mol. The molecule has 0 saturated carbocycles. The molecule has 0 spiro atoms. The predicted octanol–water partition coefficient (Wildman–Crippen LogP) is 0.235. The number of ether oxygens (including phenoxy) is 1. The molecule has 1 aromatic carbocycles. The lowest BCUT2D eigenvalue weighted by Gasteiger charge is -2.10. The number of hydrogen-bond acceptors (Lipinski definition) is 5. The third kappa shape index (κ3) is 3.58. The van der Waals surface area contributed by atoms with Gasteiger partial charge < -0.3 is 15.8 Å². The Labute approximate surface area is 101 Å². The van der Waals surface area contributed by atoms with Gasteiger partial charge in [-0.05, 0) is 25.2 Å². The first-order valence-electron chi connectivity index (χ1n) is 5.07. The van der Waals surface area contributed by atoms with Gasteiger partial charge in [-0.3, -0.25) is 0 Å². The van der Waals surface area contributed by atoms with Gasteiger partial charge in [0.2, 0.25) is 10.0 Å². The van der Waals surface area contributed by atoms with E-state index in [2.05, 4.69) is 10.0 Å². The van der Waals surface area contributed by atoms with Crippen LogP contribution in [0.3, 0.4) is 0 Å². The molecule has 1 aromatic rings. The third-order valence-corrected chi connectivity index (χ3v) is 3.64. The maximum atomic E-state index is 11.5. The van der Waals surface area contributed by atoms with Crippen molar-refractivity contribution in [2.24, 2.45) is 0 Å². The average molecular weight is 259 g/mol. The highest BCUT2D eigenvalue weighted by molar-refractivity contribution is 7.89. The van der Waals surface area contributed by atoms with E-state index in [9.17, 15) is 8.42 Å². The van der Waals surface area contributed by atoms with Crippen LogP contribution in [0, 0.1) is 0 Å². The van der Waals surface area contributed by atoms with Crippen LogP contribution in [0.4, 0.5) is 11.4 Å². The Morgan fingerprint density at radius 3 is 2.65 bits per heavy atom. The van der Waals surface area contributed by atoms with Gasteiger partial charge >= 0.3 is 0 Å². The first kappa shape index (κ1) is 13.8. The smallest absolute Gasteiger partial charge is 0.240 e. The molecular weight excluding hydrogens is 242 g/mol. The second-order valence-electron chi connectivity index (χ2n) is 3.38. The molecule has 1 rings (SSSR count). The molecule has 0 saturated heterocycles. The standard InChI is InChI=1S/C10H17N3O3S/c1-12-17(14,15)8-3-4-10(9(11)7-8)13-5-6-16-2/h3-4,7,12-13H,5-6,11H2,1-2H3. The highest BCUT2D eigenvalue weighted by Gasteiger charge is 2.12. The van der Waals surface area contributed by atoms with Gasteiger partial charge in [-0.1, -0.05) is 0 Å². The quantitative estimate of drug-likeness (QED) is 0.502. The van der Waals surface area contributed by atoms with Gasteiger partial charge in [-0.2, -0.15) is 0 Å².